The molecule has 0 bridgehead atoms. The maximum atomic E-state index is 9.03. The van der Waals surface area contributed by atoms with E-state index >= 15 is 0 Å². The van der Waals surface area contributed by atoms with Gasteiger partial charge < -0.3 is 9.31 Å². The van der Waals surface area contributed by atoms with E-state index in [4.69, 9.17) is 14.6 Å². The molecule has 4 heteroatoms. The molecule has 1 saturated heterocycles. The highest BCUT2D eigenvalue weighted by Crippen LogP contribution is 2.36. The van der Waals surface area contributed by atoms with Crippen LogP contribution in [0.2, 0.25) is 0 Å². The van der Waals surface area contributed by atoms with Crippen LogP contribution in [-0.2, 0) is 9.31 Å². The van der Waals surface area contributed by atoms with Gasteiger partial charge in [0, 0.05) is 0 Å². The average molecular weight is 271 g/mol. The number of benzene rings is 1. The molecular formula is C16H22BNO2. The maximum absolute atomic E-state index is 9.03. The van der Waals surface area contributed by atoms with Crippen molar-refractivity contribution in [3.8, 4) is 6.07 Å². The van der Waals surface area contributed by atoms with Crippen LogP contribution in [0.4, 0.5) is 0 Å². The van der Waals surface area contributed by atoms with Crippen molar-refractivity contribution in [3.05, 3.63) is 29.3 Å². The predicted octanol–water partition coefficient (Wildman–Crippen LogP) is 2.92. The SMILES string of the molecule is Cc1cc(B2OC(C)(C)C(C)(C)O2)ccc1C(C)C#N. The minimum atomic E-state index is -0.342. The molecule has 0 aromatic heterocycles. The number of hydrogen-bond donors (Lipinski definition) is 0. The summed E-state index contributed by atoms with van der Waals surface area (Å²) in [6, 6.07) is 8.34. The van der Waals surface area contributed by atoms with Crippen molar-refractivity contribution >= 4 is 12.6 Å². The third-order valence-electron chi connectivity index (χ3n) is 4.48. The third-order valence-corrected chi connectivity index (χ3v) is 4.48. The van der Waals surface area contributed by atoms with Crippen molar-refractivity contribution < 1.29 is 9.31 Å². The van der Waals surface area contributed by atoms with Gasteiger partial charge in [-0.05, 0) is 58.1 Å². The van der Waals surface area contributed by atoms with Gasteiger partial charge in [-0.2, -0.15) is 5.26 Å². The van der Waals surface area contributed by atoms with Crippen molar-refractivity contribution in [2.24, 2.45) is 0 Å². The van der Waals surface area contributed by atoms with Gasteiger partial charge in [-0.25, -0.2) is 0 Å². The van der Waals surface area contributed by atoms with Crippen molar-refractivity contribution in [2.75, 3.05) is 0 Å². The molecule has 1 aliphatic heterocycles. The zero-order chi connectivity index (χ0) is 15.1. The lowest BCUT2D eigenvalue weighted by Crippen LogP contribution is -2.41. The van der Waals surface area contributed by atoms with Crippen LogP contribution in [0.25, 0.3) is 0 Å². The molecule has 1 aromatic carbocycles. The van der Waals surface area contributed by atoms with Crippen LogP contribution >= 0.6 is 0 Å². The predicted molar refractivity (Wildman–Crippen MR) is 80.9 cm³/mol. The van der Waals surface area contributed by atoms with E-state index in [2.05, 4.69) is 12.1 Å². The Morgan fingerprint density at radius 3 is 2.15 bits per heavy atom. The van der Waals surface area contributed by atoms with Crippen LogP contribution in [0.1, 0.15) is 51.7 Å². The molecule has 1 heterocycles. The van der Waals surface area contributed by atoms with Gasteiger partial charge in [-0.1, -0.05) is 18.2 Å². The Kier molecular flexibility index (Phi) is 3.70. The first-order chi connectivity index (χ1) is 9.18. The summed E-state index contributed by atoms with van der Waals surface area (Å²) < 4.78 is 12.1. The summed E-state index contributed by atoms with van der Waals surface area (Å²) >= 11 is 0. The van der Waals surface area contributed by atoms with E-state index in [0.29, 0.717) is 0 Å². The quantitative estimate of drug-likeness (QED) is 0.777. The number of nitrogens with zero attached hydrogens (tertiary/aromatic N) is 1. The first-order valence-corrected chi connectivity index (χ1v) is 7.03. The summed E-state index contributed by atoms with van der Waals surface area (Å²) in [5.41, 5.74) is 2.52. The molecular weight excluding hydrogens is 249 g/mol. The molecule has 1 fully saturated rings. The Labute approximate surface area is 122 Å². The van der Waals surface area contributed by atoms with Gasteiger partial charge in [0.05, 0.1) is 23.2 Å². The molecule has 0 N–H and O–H groups in total. The van der Waals surface area contributed by atoms with Gasteiger partial charge >= 0.3 is 7.12 Å². The fraction of sp³-hybridized carbons (Fsp3) is 0.562. The molecule has 0 spiro atoms. The van der Waals surface area contributed by atoms with E-state index in [1.165, 1.54) is 0 Å². The van der Waals surface area contributed by atoms with Gasteiger partial charge in [0.2, 0.25) is 0 Å². The van der Waals surface area contributed by atoms with E-state index in [-0.39, 0.29) is 24.2 Å². The normalized spacial score (nSPS) is 21.6. The fourth-order valence-electron chi connectivity index (χ4n) is 2.38. The van der Waals surface area contributed by atoms with Crippen molar-refractivity contribution in [3.63, 3.8) is 0 Å². The van der Waals surface area contributed by atoms with E-state index in [1.807, 2.05) is 53.7 Å². The molecule has 1 aliphatic rings. The molecule has 0 aliphatic carbocycles. The maximum Gasteiger partial charge on any atom is 0.494 e. The highest BCUT2D eigenvalue weighted by Gasteiger charge is 2.51. The molecule has 20 heavy (non-hydrogen) atoms. The molecule has 3 nitrogen and oxygen atoms in total. The Morgan fingerprint density at radius 1 is 1.15 bits per heavy atom. The number of hydrogen-bond acceptors (Lipinski definition) is 3. The van der Waals surface area contributed by atoms with Crippen molar-refractivity contribution in [1.82, 2.24) is 0 Å². The Hall–Kier alpha value is -1.31. The standard InChI is InChI=1S/C16H22BNO2/c1-11-9-13(7-8-14(11)12(2)10-18)17-19-15(3,4)16(5,6)20-17/h7-9,12H,1-6H3. The first-order valence-electron chi connectivity index (χ1n) is 7.03. The smallest absolute Gasteiger partial charge is 0.399 e. The lowest BCUT2D eigenvalue weighted by atomic mass is 9.77. The number of rotatable bonds is 2. The van der Waals surface area contributed by atoms with E-state index in [0.717, 1.165) is 16.6 Å². The number of nitriles is 1. The Bertz CT molecular complexity index is 544. The summed E-state index contributed by atoms with van der Waals surface area (Å²) in [4.78, 5) is 0. The Morgan fingerprint density at radius 2 is 1.70 bits per heavy atom. The zero-order valence-corrected chi connectivity index (χ0v) is 13.2. The average Bonchev–Trinajstić information content (AvgIpc) is 2.57. The van der Waals surface area contributed by atoms with Crippen LogP contribution < -0.4 is 5.46 Å². The van der Waals surface area contributed by atoms with Crippen LogP contribution in [0.3, 0.4) is 0 Å². The summed E-state index contributed by atoms with van der Waals surface area (Å²) in [6.07, 6.45) is 0. The second-order valence-electron chi connectivity index (χ2n) is 6.56. The van der Waals surface area contributed by atoms with E-state index in [9.17, 15) is 0 Å². The molecule has 106 valence electrons. The largest absolute Gasteiger partial charge is 0.494 e. The second-order valence-corrected chi connectivity index (χ2v) is 6.56. The van der Waals surface area contributed by atoms with Crippen LogP contribution in [0.5, 0.6) is 0 Å². The van der Waals surface area contributed by atoms with Gasteiger partial charge in [0.25, 0.3) is 0 Å². The first kappa shape index (κ1) is 15.1. The van der Waals surface area contributed by atoms with E-state index in [1.54, 1.807) is 0 Å². The summed E-state index contributed by atoms with van der Waals surface area (Å²) in [7, 11) is -0.342. The van der Waals surface area contributed by atoms with Gasteiger partial charge in [0.1, 0.15) is 0 Å². The molecule has 0 radical (unpaired) electrons. The van der Waals surface area contributed by atoms with Crippen molar-refractivity contribution in [1.29, 1.82) is 5.26 Å². The Balaban J connectivity index is 2.29. The third kappa shape index (κ3) is 2.48. The van der Waals surface area contributed by atoms with Crippen LogP contribution in [0.15, 0.2) is 18.2 Å². The fourth-order valence-corrected chi connectivity index (χ4v) is 2.38. The monoisotopic (exact) mass is 271 g/mol. The second kappa shape index (κ2) is 4.91. The lowest BCUT2D eigenvalue weighted by molar-refractivity contribution is 0.00578. The summed E-state index contributed by atoms with van der Waals surface area (Å²) in [6.45, 7) is 12.1. The minimum absolute atomic E-state index is 0.0950. The molecule has 2 rings (SSSR count). The van der Waals surface area contributed by atoms with Gasteiger partial charge in [-0.15, -0.1) is 0 Å². The summed E-state index contributed by atoms with van der Waals surface area (Å²) in [5, 5.41) is 9.03. The van der Waals surface area contributed by atoms with E-state index < -0.39 is 0 Å². The molecule has 1 unspecified atom stereocenters. The topological polar surface area (TPSA) is 42.2 Å². The molecule has 0 saturated carbocycles. The van der Waals surface area contributed by atoms with Gasteiger partial charge in [-0.3, -0.25) is 0 Å². The summed E-state index contributed by atoms with van der Waals surface area (Å²) in [5.74, 6) is -0.0950. The molecule has 1 aromatic rings. The molecule has 0 amide bonds. The molecule has 1 atom stereocenters. The minimum Gasteiger partial charge on any atom is -0.399 e. The van der Waals surface area contributed by atoms with Crippen LogP contribution in [0, 0.1) is 18.3 Å². The van der Waals surface area contributed by atoms with Crippen LogP contribution in [-0.4, -0.2) is 18.3 Å². The highest BCUT2D eigenvalue weighted by molar-refractivity contribution is 6.62. The van der Waals surface area contributed by atoms with Gasteiger partial charge in [0.15, 0.2) is 0 Å². The lowest BCUT2D eigenvalue weighted by Gasteiger charge is -2.32. The number of aryl methyl sites for hydroxylation is 1. The zero-order valence-electron chi connectivity index (χ0n) is 13.2. The van der Waals surface area contributed by atoms with Crippen molar-refractivity contribution in [2.45, 2.75) is 58.7 Å². The highest BCUT2D eigenvalue weighted by atomic mass is 16.7.